The monoisotopic (exact) mass is 260 g/mol. The van der Waals surface area contributed by atoms with Crippen LogP contribution >= 0.6 is 0 Å². The Hall–Kier alpha value is -0.860. The van der Waals surface area contributed by atoms with Crippen molar-refractivity contribution in [2.24, 2.45) is 11.8 Å². The van der Waals surface area contributed by atoms with Gasteiger partial charge in [-0.15, -0.1) is 0 Å². The molecule has 0 aromatic heterocycles. The molecule has 0 aliphatic carbocycles. The molecule has 1 aromatic rings. The number of nitrogens with one attached hydrogen (secondary N) is 1. The fraction of sp³-hybridized carbons (Fsp3) is 0.647. The number of hydrogen-bond donors (Lipinski definition) is 1. The second kappa shape index (κ2) is 7.06. The minimum Gasteiger partial charge on any atom is -0.312 e. The van der Waals surface area contributed by atoms with Crippen molar-refractivity contribution in [1.29, 1.82) is 0 Å². The van der Waals surface area contributed by atoms with Gasteiger partial charge in [-0.3, -0.25) is 0 Å². The quantitative estimate of drug-likeness (QED) is 0.876. The van der Waals surface area contributed by atoms with Crippen molar-refractivity contribution < 1.29 is 0 Å². The van der Waals surface area contributed by atoms with Crippen LogP contribution in [0.2, 0.25) is 0 Å². The van der Waals surface area contributed by atoms with Crippen LogP contribution in [0.5, 0.6) is 0 Å². The number of likely N-dealkylation sites (N-methyl/N-ethyl adjacent to an activating group) is 1. The fourth-order valence-electron chi connectivity index (χ4n) is 3.09. The van der Waals surface area contributed by atoms with E-state index in [-0.39, 0.29) is 0 Å². The summed E-state index contributed by atoms with van der Waals surface area (Å²) in [5, 5.41) is 3.73. The summed E-state index contributed by atoms with van der Waals surface area (Å²) in [7, 11) is 2.25. The van der Waals surface area contributed by atoms with Crippen molar-refractivity contribution in [1.82, 2.24) is 10.2 Å². The molecular formula is C17H28N2. The number of piperidine rings is 1. The van der Waals surface area contributed by atoms with E-state index in [0.717, 1.165) is 18.4 Å². The van der Waals surface area contributed by atoms with Crippen molar-refractivity contribution >= 4 is 0 Å². The van der Waals surface area contributed by atoms with Crippen LogP contribution in [0.25, 0.3) is 0 Å². The standard InChI is InChI=1S/C17H28N2/c1-14(2)11-18-17-10-16(12-19(3)13-17)9-15-7-5-4-6-8-15/h4-8,14,16-18H,9-13H2,1-3H3. The van der Waals surface area contributed by atoms with E-state index in [1.807, 2.05) is 0 Å². The summed E-state index contributed by atoms with van der Waals surface area (Å²) in [6, 6.07) is 11.6. The Morgan fingerprint density at radius 2 is 1.95 bits per heavy atom. The van der Waals surface area contributed by atoms with Gasteiger partial charge >= 0.3 is 0 Å². The maximum Gasteiger partial charge on any atom is 0.0198 e. The highest BCUT2D eigenvalue weighted by atomic mass is 15.1. The van der Waals surface area contributed by atoms with Crippen molar-refractivity contribution in [3.8, 4) is 0 Å². The first kappa shape index (κ1) is 14.5. The van der Waals surface area contributed by atoms with E-state index in [9.17, 15) is 0 Å². The zero-order valence-electron chi connectivity index (χ0n) is 12.6. The molecule has 2 rings (SSSR count). The maximum absolute atomic E-state index is 3.73. The molecule has 1 aliphatic rings. The molecule has 1 aromatic carbocycles. The van der Waals surface area contributed by atoms with Crippen molar-refractivity contribution in [2.45, 2.75) is 32.7 Å². The van der Waals surface area contributed by atoms with E-state index in [1.54, 1.807) is 0 Å². The number of likely N-dealkylation sites (tertiary alicyclic amines) is 1. The lowest BCUT2D eigenvalue weighted by Crippen LogP contribution is -2.48. The Morgan fingerprint density at radius 1 is 1.21 bits per heavy atom. The van der Waals surface area contributed by atoms with Crippen LogP contribution in [-0.4, -0.2) is 37.6 Å². The molecule has 106 valence electrons. The van der Waals surface area contributed by atoms with Gasteiger partial charge in [0.05, 0.1) is 0 Å². The van der Waals surface area contributed by atoms with Gasteiger partial charge in [0.2, 0.25) is 0 Å². The summed E-state index contributed by atoms with van der Waals surface area (Å²) in [6.45, 7) is 8.12. The van der Waals surface area contributed by atoms with Gasteiger partial charge in [0, 0.05) is 19.1 Å². The summed E-state index contributed by atoms with van der Waals surface area (Å²) >= 11 is 0. The molecule has 2 unspecified atom stereocenters. The van der Waals surface area contributed by atoms with Gasteiger partial charge in [-0.1, -0.05) is 44.2 Å². The molecule has 1 heterocycles. The van der Waals surface area contributed by atoms with E-state index >= 15 is 0 Å². The van der Waals surface area contributed by atoms with Crippen LogP contribution in [0.4, 0.5) is 0 Å². The Morgan fingerprint density at radius 3 is 2.63 bits per heavy atom. The van der Waals surface area contributed by atoms with Gasteiger partial charge in [0.1, 0.15) is 0 Å². The molecule has 0 spiro atoms. The highest BCUT2D eigenvalue weighted by Gasteiger charge is 2.25. The summed E-state index contributed by atoms with van der Waals surface area (Å²) < 4.78 is 0. The third-order valence-electron chi connectivity index (χ3n) is 3.90. The van der Waals surface area contributed by atoms with E-state index in [1.165, 1.54) is 31.5 Å². The van der Waals surface area contributed by atoms with Crippen LogP contribution in [0, 0.1) is 11.8 Å². The van der Waals surface area contributed by atoms with Gasteiger partial charge in [-0.2, -0.15) is 0 Å². The summed E-state index contributed by atoms with van der Waals surface area (Å²) in [5.41, 5.74) is 1.48. The molecule has 0 radical (unpaired) electrons. The van der Waals surface area contributed by atoms with Crippen LogP contribution in [0.3, 0.4) is 0 Å². The molecule has 0 saturated carbocycles. The van der Waals surface area contributed by atoms with Gasteiger partial charge in [0.15, 0.2) is 0 Å². The first-order valence-electron chi connectivity index (χ1n) is 7.59. The summed E-state index contributed by atoms with van der Waals surface area (Å²) in [5.74, 6) is 1.52. The topological polar surface area (TPSA) is 15.3 Å². The van der Waals surface area contributed by atoms with E-state index in [0.29, 0.717) is 6.04 Å². The minimum atomic E-state index is 0.662. The number of nitrogens with zero attached hydrogens (tertiary/aromatic N) is 1. The first-order chi connectivity index (χ1) is 9.13. The van der Waals surface area contributed by atoms with Crippen LogP contribution in [-0.2, 0) is 6.42 Å². The van der Waals surface area contributed by atoms with Gasteiger partial charge < -0.3 is 10.2 Å². The molecule has 19 heavy (non-hydrogen) atoms. The van der Waals surface area contributed by atoms with Gasteiger partial charge in [-0.25, -0.2) is 0 Å². The lowest BCUT2D eigenvalue weighted by Gasteiger charge is -2.36. The molecular weight excluding hydrogens is 232 g/mol. The fourth-order valence-corrected chi connectivity index (χ4v) is 3.09. The maximum atomic E-state index is 3.73. The largest absolute Gasteiger partial charge is 0.312 e. The van der Waals surface area contributed by atoms with Gasteiger partial charge in [0.25, 0.3) is 0 Å². The number of hydrogen-bond acceptors (Lipinski definition) is 2. The smallest absolute Gasteiger partial charge is 0.0198 e. The van der Waals surface area contributed by atoms with Gasteiger partial charge in [-0.05, 0) is 43.8 Å². The predicted molar refractivity (Wildman–Crippen MR) is 82.4 cm³/mol. The molecule has 0 amide bonds. The average Bonchev–Trinajstić information content (AvgIpc) is 2.37. The second-order valence-corrected chi connectivity index (χ2v) is 6.51. The SMILES string of the molecule is CC(C)CNC1CC(Cc2ccccc2)CN(C)C1. The Labute approximate surface area is 118 Å². The number of benzene rings is 1. The Kier molecular flexibility index (Phi) is 5.41. The van der Waals surface area contributed by atoms with E-state index < -0.39 is 0 Å². The highest BCUT2D eigenvalue weighted by molar-refractivity contribution is 5.15. The Bertz CT molecular complexity index is 361. The summed E-state index contributed by atoms with van der Waals surface area (Å²) in [4.78, 5) is 2.48. The molecule has 1 N–H and O–H groups in total. The lowest BCUT2D eigenvalue weighted by molar-refractivity contribution is 0.166. The molecule has 0 bridgehead atoms. The molecule has 2 nitrogen and oxygen atoms in total. The van der Waals surface area contributed by atoms with Crippen molar-refractivity contribution in [3.05, 3.63) is 35.9 Å². The van der Waals surface area contributed by atoms with E-state index in [4.69, 9.17) is 0 Å². The normalized spacial score (nSPS) is 24.8. The van der Waals surface area contributed by atoms with Crippen molar-refractivity contribution in [2.75, 3.05) is 26.7 Å². The van der Waals surface area contributed by atoms with Crippen LogP contribution in [0.15, 0.2) is 30.3 Å². The highest BCUT2D eigenvalue weighted by Crippen LogP contribution is 2.20. The minimum absolute atomic E-state index is 0.662. The molecule has 1 fully saturated rings. The molecule has 2 heteroatoms. The lowest BCUT2D eigenvalue weighted by atomic mass is 9.89. The summed E-state index contributed by atoms with van der Waals surface area (Å²) in [6.07, 6.45) is 2.52. The number of rotatable bonds is 5. The third-order valence-corrected chi connectivity index (χ3v) is 3.90. The zero-order chi connectivity index (χ0) is 13.7. The first-order valence-corrected chi connectivity index (χ1v) is 7.59. The molecule has 1 aliphatic heterocycles. The average molecular weight is 260 g/mol. The second-order valence-electron chi connectivity index (χ2n) is 6.51. The Balaban J connectivity index is 1.87. The molecule has 2 atom stereocenters. The zero-order valence-corrected chi connectivity index (χ0v) is 12.6. The van der Waals surface area contributed by atoms with Crippen LogP contribution in [0.1, 0.15) is 25.8 Å². The molecule has 1 saturated heterocycles. The van der Waals surface area contributed by atoms with Crippen molar-refractivity contribution in [3.63, 3.8) is 0 Å². The van der Waals surface area contributed by atoms with E-state index in [2.05, 4.69) is 61.4 Å². The predicted octanol–water partition coefficient (Wildman–Crippen LogP) is 2.80. The van der Waals surface area contributed by atoms with Crippen LogP contribution < -0.4 is 5.32 Å². The third kappa shape index (κ3) is 4.96.